The maximum Gasteiger partial charge on any atom is 0.302 e. The van der Waals surface area contributed by atoms with Crippen LogP contribution in [0.1, 0.15) is 59.8 Å². The summed E-state index contributed by atoms with van der Waals surface area (Å²) >= 11 is 0. The molecule has 2 unspecified atom stereocenters. The van der Waals surface area contributed by atoms with Gasteiger partial charge in [0.1, 0.15) is 5.78 Å². The molecule has 0 amide bonds. The molecule has 0 aromatic heterocycles. The number of hydrogen-bond acceptors (Lipinski definition) is 3. The molecule has 0 aliphatic carbocycles. The lowest BCUT2D eigenvalue weighted by Gasteiger charge is -2.21. The molecular formula is C14H26O3. The molecule has 2 atom stereocenters. The number of unbranched alkanes of at least 4 members (excludes halogenated alkanes) is 3. The average molecular weight is 242 g/mol. The predicted molar refractivity (Wildman–Crippen MR) is 68.7 cm³/mol. The van der Waals surface area contributed by atoms with Gasteiger partial charge in [-0.3, -0.25) is 9.59 Å². The second kappa shape index (κ2) is 9.20. The Balaban J connectivity index is 4.10. The zero-order valence-corrected chi connectivity index (χ0v) is 11.6. The predicted octanol–water partition coefficient (Wildman–Crippen LogP) is 3.36. The van der Waals surface area contributed by atoms with Crippen LogP contribution in [0.3, 0.4) is 0 Å². The summed E-state index contributed by atoms with van der Waals surface area (Å²) in [6.07, 6.45) is 5.70. The normalized spacial score (nSPS) is 14.1. The van der Waals surface area contributed by atoms with Crippen molar-refractivity contribution in [3.63, 3.8) is 0 Å². The Kier molecular flexibility index (Phi) is 8.73. The van der Waals surface area contributed by atoms with Crippen LogP contribution in [0.4, 0.5) is 0 Å². The zero-order chi connectivity index (χ0) is 13.3. The van der Waals surface area contributed by atoms with E-state index in [1.54, 1.807) is 6.92 Å². The quantitative estimate of drug-likeness (QED) is 0.460. The van der Waals surface area contributed by atoms with E-state index in [4.69, 9.17) is 4.74 Å². The van der Waals surface area contributed by atoms with Crippen LogP contribution in [-0.2, 0) is 14.3 Å². The van der Waals surface area contributed by atoms with Crippen molar-refractivity contribution in [2.45, 2.75) is 59.8 Å². The molecule has 17 heavy (non-hydrogen) atoms. The van der Waals surface area contributed by atoms with E-state index >= 15 is 0 Å². The summed E-state index contributed by atoms with van der Waals surface area (Å²) in [5.74, 6) is 0.0705. The molecule has 3 nitrogen and oxygen atoms in total. The minimum atomic E-state index is -0.265. The van der Waals surface area contributed by atoms with Crippen molar-refractivity contribution >= 4 is 11.8 Å². The van der Waals surface area contributed by atoms with Gasteiger partial charge in [0.2, 0.25) is 0 Å². The van der Waals surface area contributed by atoms with Crippen LogP contribution in [-0.4, -0.2) is 18.4 Å². The minimum absolute atomic E-state index is 0.0176. The van der Waals surface area contributed by atoms with Crippen LogP contribution in [0.15, 0.2) is 0 Å². The lowest BCUT2D eigenvalue weighted by molar-refractivity contribution is -0.144. The van der Waals surface area contributed by atoms with Gasteiger partial charge >= 0.3 is 5.97 Å². The van der Waals surface area contributed by atoms with E-state index in [9.17, 15) is 9.59 Å². The van der Waals surface area contributed by atoms with Crippen LogP contribution in [0.5, 0.6) is 0 Å². The average Bonchev–Trinajstić information content (AvgIpc) is 2.26. The Morgan fingerprint density at radius 1 is 1.12 bits per heavy atom. The van der Waals surface area contributed by atoms with Gasteiger partial charge in [0.25, 0.3) is 0 Å². The standard InChI is InChI=1S/C14H26O3/c1-5-6-7-8-9-14(10-17-13(4)16)11(2)12(3)15/h11,14H,5-10H2,1-4H3. The van der Waals surface area contributed by atoms with Crippen LogP contribution < -0.4 is 0 Å². The number of ketones is 1. The third kappa shape index (κ3) is 7.94. The van der Waals surface area contributed by atoms with E-state index in [1.165, 1.54) is 26.2 Å². The molecule has 0 aliphatic rings. The SMILES string of the molecule is CCCCCCC(COC(C)=O)C(C)C(C)=O. The summed E-state index contributed by atoms with van der Waals surface area (Å²) in [4.78, 5) is 22.2. The summed E-state index contributed by atoms with van der Waals surface area (Å²) in [6.45, 7) is 7.50. The summed E-state index contributed by atoms with van der Waals surface area (Å²) < 4.78 is 5.04. The molecule has 0 saturated heterocycles. The molecule has 0 saturated carbocycles. The fraction of sp³-hybridized carbons (Fsp3) is 0.857. The van der Waals surface area contributed by atoms with Crippen molar-refractivity contribution in [1.29, 1.82) is 0 Å². The van der Waals surface area contributed by atoms with Crippen molar-refractivity contribution < 1.29 is 14.3 Å². The molecular weight excluding hydrogens is 216 g/mol. The second-order valence-corrected chi connectivity index (χ2v) is 4.81. The molecule has 0 aromatic rings. The fourth-order valence-corrected chi connectivity index (χ4v) is 1.87. The smallest absolute Gasteiger partial charge is 0.302 e. The Morgan fingerprint density at radius 2 is 1.76 bits per heavy atom. The van der Waals surface area contributed by atoms with Gasteiger partial charge in [0.05, 0.1) is 6.61 Å². The number of ether oxygens (including phenoxy) is 1. The molecule has 0 radical (unpaired) electrons. The number of esters is 1. The first-order valence-corrected chi connectivity index (χ1v) is 6.62. The van der Waals surface area contributed by atoms with Crippen molar-refractivity contribution in [3.05, 3.63) is 0 Å². The highest BCUT2D eigenvalue weighted by atomic mass is 16.5. The molecule has 0 aromatic carbocycles. The van der Waals surface area contributed by atoms with Crippen LogP contribution in [0.2, 0.25) is 0 Å². The third-order valence-electron chi connectivity index (χ3n) is 3.28. The molecule has 0 N–H and O–H groups in total. The van der Waals surface area contributed by atoms with E-state index in [0.717, 1.165) is 12.8 Å². The van der Waals surface area contributed by atoms with Crippen molar-refractivity contribution in [1.82, 2.24) is 0 Å². The number of hydrogen-bond donors (Lipinski definition) is 0. The molecule has 100 valence electrons. The lowest BCUT2D eigenvalue weighted by atomic mass is 9.87. The van der Waals surface area contributed by atoms with E-state index in [1.807, 2.05) is 6.92 Å². The highest BCUT2D eigenvalue weighted by molar-refractivity contribution is 5.78. The molecule has 0 heterocycles. The summed E-state index contributed by atoms with van der Waals surface area (Å²) in [5.41, 5.74) is 0. The zero-order valence-electron chi connectivity index (χ0n) is 11.6. The van der Waals surface area contributed by atoms with Gasteiger partial charge in [0.15, 0.2) is 0 Å². The van der Waals surface area contributed by atoms with Gasteiger partial charge < -0.3 is 4.74 Å². The number of carbonyl (C=O) groups is 2. The molecule has 0 fully saturated rings. The van der Waals surface area contributed by atoms with Gasteiger partial charge in [-0.2, -0.15) is 0 Å². The van der Waals surface area contributed by atoms with Crippen molar-refractivity contribution in [2.75, 3.05) is 6.61 Å². The summed E-state index contributed by atoms with van der Waals surface area (Å²) in [7, 11) is 0. The Hall–Kier alpha value is -0.860. The summed E-state index contributed by atoms with van der Waals surface area (Å²) in [6, 6.07) is 0. The maximum absolute atomic E-state index is 11.4. The molecule has 3 heteroatoms. The number of Topliss-reactive ketones (excluding diaryl/α,β-unsaturated/α-hetero) is 1. The van der Waals surface area contributed by atoms with Crippen LogP contribution in [0.25, 0.3) is 0 Å². The van der Waals surface area contributed by atoms with Gasteiger partial charge in [-0.05, 0) is 13.3 Å². The number of carbonyl (C=O) groups excluding carboxylic acids is 2. The van der Waals surface area contributed by atoms with Crippen molar-refractivity contribution in [3.8, 4) is 0 Å². The van der Waals surface area contributed by atoms with Gasteiger partial charge in [-0.15, -0.1) is 0 Å². The van der Waals surface area contributed by atoms with Gasteiger partial charge in [-0.1, -0.05) is 39.5 Å². The van der Waals surface area contributed by atoms with E-state index < -0.39 is 0 Å². The van der Waals surface area contributed by atoms with Gasteiger partial charge in [0, 0.05) is 18.8 Å². The lowest BCUT2D eigenvalue weighted by Crippen LogP contribution is -2.24. The summed E-state index contributed by atoms with van der Waals surface area (Å²) in [5, 5.41) is 0. The largest absolute Gasteiger partial charge is 0.466 e. The highest BCUT2D eigenvalue weighted by Crippen LogP contribution is 2.21. The molecule has 0 aliphatic heterocycles. The maximum atomic E-state index is 11.4. The first-order chi connectivity index (χ1) is 7.99. The van der Waals surface area contributed by atoms with E-state index in [-0.39, 0.29) is 23.6 Å². The van der Waals surface area contributed by atoms with E-state index in [0.29, 0.717) is 6.61 Å². The number of rotatable bonds is 9. The topological polar surface area (TPSA) is 43.4 Å². The Labute approximate surface area is 105 Å². The molecule has 0 bridgehead atoms. The molecule has 0 spiro atoms. The third-order valence-corrected chi connectivity index (χ3v) is 3.28. The Morgan fingerprint density at radius 3 is 2.24 bits per heavy atom. The fourth-order valence-electron chi connectivity index (χ4n) is 1.87. The molecule has 0 rings (SSSR count). The highest BCUT2D eigenvalue weighted by Gasteiger charge is 2.21. The van der Waals surface area contributed by atoms with Crippen molar-refractivity contribution in [2.24, 2.45) is 11.8 Å². The first-order valence-electron chi connectivity index (χ1n) is 6.62. The monoisotopic (exact) mass is 242 g/mol. The van der Waals surface area contributed by atoms with E-state index in [2.05, 4.69) is 6.92 Å². The van der Waals surface area contributed by atoms with Crippen LogP contribution in [0, 0.1) is 11.8 Å². The van der Waals surface area contributed by atoms with Crippen LogP contribution >= 0.6 is 0 Å². The van der Waals surface area contributed by atoms with Gasteiger partial charge in [-0.25, -0.2) is 0 Å². The second-order valence-electron chi connectivity index (χ2n) is 4.81. The Bertz CT molecular complexity index is 236. The minimum Gasteiger partial charge on any atom is -0.466 e. The first kappa shape index (κ1) is 16.1.